The van der Waals surface area contributed by atoms with Gasteiger partial charge in [-0.05, 0) is 44.9 Å². The third-order valence-electron chi connectivity index (χ3n) is 5.96. The molecule has 0 aromatic carbocycles. The van der Waals surface area contributed by atoms with E-state index >= 15 is 0 Å². The Morgan fingerprint density at radius 3 is 1.61 bits per heavy atom. The number of unbranched alkanes of at least 4 members (excludes halogenated alkanes) is 18. The van der Waals surface area contributed by atoms with Gasteiger partial charge < -0.3 is 9.84 Å². The van der Waals surface area contributed by atoms with Crippen LogP contribution in [-0.2, 0) is 9.53 Å². The first kappa shape index (κ1) is 30.2. The number of allylic oxidation sites excluding steroid dienone is 2. The average Bonchev–Trinajstić information content (AvgIpc) is 2.77. The van der Waals surface area contributed by atoms with Crippen LogP contribution in [0.4, 0.5) is 0 Å². The van der Waals surface area contributed by atoms with Gasteiger partial charge in [0.05, 0.1) is 6.61 Å². The lowest BCUT2D eigenvalue weighted by Gasteiger charge is -2.05. The molecule has 0 rings (SSSR count). The summed E-state index contributed by atoms with van der Waals surface area (Å²) in [5.74, 6) is -0.0203. The highest BCUT2D eigenvalue weighted by molar-refractivity contribution is 5.69. The zero-order valence-electron chi connectivity index (χ0n) is 20.9. The third kappa shape index (κ3) is 27.1. The molecule has 1 N–H and O–H groups in total. The lowest BCUT2D eigenvalue weighted by molar-refractivity contribution is -0.143. The number of rotatable bonds is 25. The second-order valence-electron chi connectivity index (χ2n) is 9.11. The van der Waals surface area contributed by atoms with Crippen molar-refractivity contribution < 1.29 is 14.6 Å². The zero-order valence-corrected chi connectivity index (χ0v) is 20.9. The molecule has 0 bridgehead atoms. The molecule has 0 aliphatic rings. The van der Waals surface area contributed by atoms with Crippen LogP contribution in [0.1, 0.15) is 148 Å². The summed E-state index contributed by atoms with van der Waals surface area (Å²) < 4.78 is 5.34. The molecule has 0 atom stereocenters. The Morgan fingerprint density at radius 2 is 1.06 bits per heavy atom. The molecule has 0 aromatic heterocycles. The van der Waals surface area contributed by atoms with Crippen LogP contribution in [0.5, 0.6) is 0 Å². The van der Waals surface area contributed by atoms with E-state index in [4.69, 9.17) is 9.84 Å². The minimum Gasteiger partial charge on any atom is -0.466 e. The van der Waals surface area contributed by atoms with Crippen molar-refractivity contribution in [3.63, 3.8) is 0 Å². The lowest BCUT2D eigenvalue weighted by atomic mass is 10.1. The molecule has 0 unspecified atom stereocenters. The topological polar surface area (TPSA) is 46.5 Å². The summed E-state index contributed by atoms with van der Waals surface area (Å²) in [7, 11) is 0. The predicted octanol–water partition coefficient (Wildman–Crippen LogP) is 8.68. The maximum absolute atomic E-state index is 11.7. The second-order valence-corrected chi connectivity index (χ2v) is 9.11. The van der Waals surface area contributed by atoms with E-state index in [0.717, 1.165) is 32.1 Å². The fourth-order valence-corrected chi connectivity index (χ4v) is 3.87. The fourth-order valence-electron chi connectivity index (χ4n) is 3.87. The standard InChI is InChI=1S/C28H54O3/c1-2-3-4-5-6-7-8-9-10-11-12-13-14-18-21-24-27-31-28(30)25-22-19-16-15-17-20-23-26-29/h9-10,29H,2-8,11-27H2,1H3/b10-9-. The molecule has 0 aliphatic heterocycles. The van der Waals surface area contributed by atoms with E-state index in [9.17, 15) is 4.79 Å². The predicted molar refractivity (Wildman–Crippen MR) is 134 cm³/mol. The largest absolute Gasteiger partial charge is 0.466 e. The quantitative estimate of drug-likeness (QED) is 0.0880. The van der Waals surface area contributed by atoms with Gasteiger partial charge >= 0.3 is 5.97 Å². The van der Waals surface area contributed by atoms with E-state index in [2.05, 4.69) is 19.1 Å². The van der Waals surface area contributed by atoms with Gasteiger partial charge in [-0.2, -0.15) is 0 Å². The maximum Gasteiger partial charge on any atom is 0.305 e. The van der Waals surface area contributed by atoms with Crippen LogP contribution < -0.4 is 0 Å². The lowest BCUT2D eigenvalue weighted by Crippen LogP contribution is -2.05. The number of hydrogen-bond acceptors (Lipinski definition) is 3. The summed E-state index contributed by atoms with van der Waals surface area (Å²) in [6, 6.07) is 0. The zero-order chi connectivity index (χ0) is 22.7. The first-order valence-corrected chi connectivity index (χ1v) is 13.7. The summed E-state index contributed by atoms with van der Waals surface area (Å²) in [6.45, 7) is 3.18. The van der Waals surface area contributed by atoms with Crippen LogP contribution in [0.3, 0.4) is 0 Å². The molecule has 0 fully saturated rings. The molecule has 0 aromatic rings. The molecule has 31 heavy (non-hydrogen) atoms. The van der Waals surface area contributed by atoms with Gasteiger partial charge in [0, 0.05) is 13.0 Å². The summed E-state index contributed by atoms with van der Waals surface area (Å²) in [6.07, 6.45) is 31.2. The van der Waals surface area contributed by atoms with Crippen LogP contribution in [0, 0.1) is 0 Å². The van der Waals surface area contributed by atoms with Gasteiger partial charge in [0.25, 0.3) is 0 Å². The summed E-state index contributed by atoms with van der Waals surface area (Å²) in [5, 5.41) is 8.73. The van der Waals surface area contributed by atoms with Gasteiger partial charge in [0.2, 0.25) is 0 Å². The Kier molecular flexibility index (Phi) is 26.5. The van der Waals surface area contributed by atoms with Crippen molar-refractivity contribution in [3.05, 3.63) is 12.2 Å². The minimum absolute atomic E-state index is 0.0203. The molecule has 0 spiro atoms. The van der Waals surface area contributed by atoms with E-state index in [-0.39, 0.29) is 5.97 Å². The highest BCUT2D eigenvalue weighted by Crippen LogP contribution is 2.11. The van der Waals surface area contributed by atoms with Crippen LogP contribution in [0.15, 0.2) is 12.2 Å². The Morgan fingerprint density at radius 1 is 0.613 bits per heavy atom. The van der Waals surface area contributed by atoms with Gasteiger partial charge in [0.1, 0.15) is 0 Å². The first-order valence-electron chi connectivity index (χ1n) is 13.7. The molecule has 0 aliphatic carbocycles. The average molecular weight is 439 g/mol. The van der Waals surface area contributed by atoms with Gasteiger partial charge in [0.15, 0.2) is 0 Å². The highest BCUT2D eigenvalue weighted by Gasteiger charge is 2.02. The van der Waals surface area contributed by atoms with Gasteiger partial charge in [-0.1, -0.05) is 109 Å². The number of carbonyl (C=O) groups excluding carboxylic acids is 1. The van der Waals surface area contributed by atoms with Crippen LogP contribution >= 0.6 is 0 Å². The van der Waals surface area contributed by atoms with E-state index in [1.54, 1.807) is 0 Å². The number of aliphatic hydroxyl groups is 1. The van der Waals surface area contributed by atoms with E-state index in [0.29, 0.717) is 19.6 Å². The van der Waals surface area contributed by atoms with Crippen molar-refractivity contribution in [1.29, 1.82) is 0 Å². The Bertz CT molecular complexity index is 378. The molecule has 0 amide bonds. The summed E-state index contributed by atoms with van der Waals surface area (Å²) in [5.41, 5.74) is 0. The minimum atomic E-state index is -0.0203. The van der Waals surface area contributed by atoms with Gasteiger partial charge in [-0.25, -0.2) is 0 Å². The molecular formula is C28H54O3. The summed E-state index contributed by atoms with van der Waals surface area (Å²) in [4.78, 5) is 11.7. The fraction of sp³-hybridized carbons (Fsp3) is 0.893. The molecule has 3 nitrogen and oxygen atoms in total. The molecule has 3 heteroatoms. The molecule has 0 saturated heterocycles. The highest BCUT2D eigenvalue weighted by atomic mass is 16.5. The van der Waals surface area contributed by atoms with Crippen molar-refractivity contribution >= 4 is 5.97 Å². The van der Waals surface area contributed by atoms with E-state index < -0.39 is 0 Å². The molecule has 0 saturated carbocycles. The number of ether oxygens (including phenoxy) is 1. The van der Waals surface area contributed by atoms with Gasteiger partial charge in [-0.15, -0.1) is 0 Å². The van der Waals surface area contributed by atoms with Crippen LogP contribution in [0.2, 0.25) is 0 Å². The Labute approximate surface area is 194 Å². The van der Waals surface area contributed by atoms with Crippen molar-refractivity contribution in [2.24, 2.45) is 0 Å². The van der Waals surface area contributed by atoms with Crippen molar-refractivity contribution in [1.82, 2.24) is 0 Å². The normalized spacial score (nSPS) is 11.4. The second kappa shape index (κ2) is 27.2. The van der Waals surface area contributed by atoms with Gasteiger partial charge in [-0.3, -0.25) is 4.79 Å². The Balaban J connectivity index is 3.18. The number of hydrogen-bond donors (Lipinski definition) is 1. The van der Waals surface area contributed by atoms with Crippen LogP contribution in [0.25, 0.3) is 0 Å². The van der Waals surface area contributed by atoms with Crippen LogP contribution in [-0.4, -0.2) is 24.3 Å². The molecular weight excluding hydrogens is 384 g/mol. The maximum atomic E-state index is 11.7. The van der Waals surface area contributed by atoms with Crippen molar-refractivity contribution in [2.75, 3.05) is 13.2 Å². The van der Waals surface area contributed by atoms with E-state index in [1.165, 1.54) is 103 Å². The van der Waals surface area contributed by atoms with Crippen molar-refractivity contribution in [3.8, 4) is 0 Å². The van der Waals surface area contributed by atoms with Crippen molar-refractivity contribution in [2.45, 2.75) is 148 Å². The Hall–Kier alpha value is -0.830. The first-order chi connectivity index (χ1) is 15.3. The smallest absolute Gasteiger partial charge is 0.305 e. The molecule has 0 heterocycles. The summed E-state index contributed by atoms with van der Waals surface area (Å²) >= 11 is 0. The number of aliphatic hydroxyl groups excluding tert-OH is 1. The number of carbonyl (C=O) groups is 1. The number of esters is 1. The monoisotopic (exact) mass is 438 g/mol. The SMILES string of the molecule is CCCCCCCC/C=C\CCCCCCCCOC(=O)CCCCCCCCCO. The third-order valence-corrected chi connectivity index (χ3v) is 5.96. The molecule has 184 valence electrons. The molecule has 0 radical (unpaired) electrons. The van der Waals surface area contributed by atoms with E-state index in [1.807, 2.05) is 0 Å².